The number of aryl methyl sites for hydroxylation is 1. The van der Waals surface area contributed by atoms with Crippen LogP contribution in [0.25, 0.3) is 0 Å². The van der Waals surface area contributed by atoms with Crippen LogP contribution in [0.4, 0.5) is 0 Å². The van der Waals surface area contributed by atoms with Crippen molar-refractivity contribution in [2.75, 3.05) is 0 Å². The third-order valence-electron chi connectivity index (χ3n) is 2.38. The van der Waals surface area contributed by atoms with Crippen molar-refractivity contribution < 1.29 is 9.84 Å². The minimum Gasteiger partial charge on any atom is -0.508 e. The van der Waals surface area contributed by atoms with Gasteiger partial charge in [-0.25, -0.2) is 0 Å². The van der Waals surface area contributed by atoms with Gasteiger partial charge in [-0.1, -0.05) is 0 Å². The van der Waals surface area contributed by atoms with E-state index in [4.69, 9.17) is 4.74 Å². The van der Waals surface area contributed by atoms with Crippen LogP contribution in [0.15, 0.2) is 12.1 Å². The Labute approximate surface area is 78.2 Å². The fraction of sp³-hybridized carbons (Fsp3) is 0.455. The number of rotatable bonds is 0. The van der Waals surface area contributed by atoms with E-state index in [1.54, 1.807) is 6.07 Å². The minimum absolute atomic E-state index is 0.122. The maximum atomic E-state index is 9.50. The largest absolute Gasteiger partial charge is 0.508 e. The lowest BCUT2D eigenvalue weighted by Crippen LogP contribution is -2.24. The highest BCUT2D eigenvalue weighted by Crippen LogP contribution is 2.38. The Balaban J connectivity index is 2.48. The summed E-state index contributed by atoms with van der Waals surface area (Å²) in [6, 6.07) is 3.71. The Morgan fingerprint density at radius 1 is 1.38 bits per heavy atom. The first-order valence-electron chi connectivity index (χ1n) is 4.49. The normalized spacial score (nSPS) is 18.1. The highest BCUT2D eigenvalue weighted by Gasteiger charge is 2.30. The standard InChI is InChI=1S/C11H14O2/c1-7-4-10-8(5-9(7)12)6-11(2,3)13-10/h4-5,12H,6H2,1-3H3. The topological polar surface area (TPSA) is 29.5 Å². The summed E-state index contributed by atoms with van der Waals surface area (Å²) in [5, 5.41) is 9.50. The Morgan fingerprint density at radius 2 is 2.08 bits per heavy atom. The van der Waals surface area contributed by atoms with Crippen molar-refractivity contribution in [1.82, 2.24) is 0 Å². The molecule has 1 N–H and O–H groups in total. The number of aromatic hydroxyl groups is 1. The molecule has 0 aliphatic carbocycles. The van der Waals surface area contributed by atoms with Gasteiger partial charge in [0.2, 0.25) is 0 Å². The summed E-state index contributed by atoms with van der Waals surface area (Å²) in [6.45, 7) is 5.99. The molecule has 1 aromatic carbocycles. The number of phenolic OH excluding ortho intramolecular Hbond substituents is 1. The van der Waals surface area contributed by atoms with E-state index >= 15 is 0 Å². The lowest BCUT2D eigenvalue weighted by Gasteiger charge is -2.16. The molecule has 2 nitrogen and oxygen atoms in total. The molecule has 0 spiro atoms. The number of benzene rings is 1. The van der Waals surface area contributed by atoms with Gasteiger partial charge in [0, 0.05) is 12.0 Å². The smallest absolute Gasteiger partial charge is 0.124 e. The van der Waals surface area contributed by atoms with E-state index in [9.17, 15) is 5.11 Å². The zero-order valence-corrected chi connectivity index (χ0v) is 8.22. The molecule has 13 heavy (non-hydrogen) atoms. The summed E-state index contributed by atoms with van der Waals surface area (Å²) in [7, 11) is 0. The maximum absolute atomic E-state index is 9.50. The van der Waals surface area contributed by atoms with Crippen LogP contribution in [0.5, 0.6) is 11.5 Å². The zero-order valence-electron chi connectivity index (χ0n) is 8.22. The molecule has 1 aliphatic heterocycles. The van der Waals surface area contributed by atoms with Gasteiger partial charge in [-0.2, -0.15) is 0 Å². The van der Waals surface area contributed by atoms with Crippen LogP contribution >= 0.6 is 0 Å². The summed E-state index contributed by atoms with van der Waals surface area (Å²) in [5.41, 5.74) is 1.85. The van der Waals surface area contributed by atoms with Crippen molar-refractivity contribution in [2.45, 2.75) is 32.8 Å². The summed E-state index contributed by atoms with van der Waals surface area (Å²) in [5.74, 6) is 1.28. The molecular formula is C11H14O2. The Morgan fingerprint density at radius 3 is 2.77 bits per heavy atom. The van der Waals surface area contributed by atoms with E-state index in [1.165, 1.54) is 0 Å². The molecule has 0 radical (unpaired) electrons. The van der Waals surface area contributed by atoms with Gasteiger partial charge in [0.25, 0.3) is 0 Å². The molecule has 0 amide bonds. The molecular weight excluding hydrogens is 164 g/mol. The van der Waals surface area contributed by atoms with E-state index in [0.29, 0.717) is 5.75 Å². The maximum Gasteiger partial charge on any atom is 0.124 e. The second kappa shape index (κ2) is 2.41. The van der Waals surface area contributed by atoms with Crippen LogP contribution in [0.3, 0.4) is 0 Å². The summed E-state index contributed by atoms with van der Waals surface area (Å²) in [4.78, 5) is 0. The Bertz CT molecular complexity index is 320. The first kappa shape index (κ1) is 8.42. The second-order valence-corrected chi connectivity index (χ2v) is 4.28. The Hall–Kier alpha value is -1.18. The van der Waals surface area contributed by atoms with E-state index in [1.807, 2.05) is 13.0 Å². The van der Waals surface area contributed by atoms with Gasteiger partial charge in [-0.3, -0.25) is 0 Å². The van der Waals surface area contributed by atoms with Crippen molar-refractivity contribution in [3.63, 3.8) is 0 Å². The molecule has 0 bridgehead atoms. The van der Waals surface area contributed by atoms with Crippen LogP contribution in [-0.2, 0) is 6.42 Å². The molecule has 2 rings (SSSR count). The van der Waals surface area contributed by atoms with E-state index in [0.717, 1.165) is 23.3 Å². The second-order valence-electron chi connectivity index (χ2n) is 4.28. The summed E-state index contributed by atoms with van der Waals surface area (Å²) < 4.78 is 5.72. The highest BCUT2D eigenvalue weighted by molar-refractivity contribution is 5.48. The van der Waals surface area contributed by atoms with Gasteiger partial charge in [0.1, 0.15) is 17.1 Å². The van der Waals surface area contributed by atoms with Crippen molar-refractivity contribution in [3.8, 4) is 11.5 Å². The number of hydrogen-bond donors (Lipinski definition) is 1. The monoisotopic (exact) mass is 178 g/mol. The molecule has 0 aromatic heterocycles. The van der Waals surface area contributed by atoms with Crippen molar-refractivity contribution >= 4 is 0 Å². The van der Waals surface area contributed by atoms with Gasteiger partial charge in [0.05, 0.1) is 0 Å². The van der Waals surface area contributed by atoms with E-state index < -0.39 is 0 Å². The lowest BCUT2D eigenvalue weighted by molar-refractivity contribution is 0.138. The fourth-order valence-electron chi connectivity index (χ4n) is 1.74. The first-order valence-corrected chi connectivity index (χ1v) is 4.49. The number of fused-ring (bicyclic) bond motifs is 1. The molecule has 2 heteroatoms. The van der Waals surface area contributed by atoms with Crippen LogP contribution in [0.2, 0.25) is 0 Å². The number of phenols is 1. The predicted molar refractivity (Wildman–Crippen MR) is 51.3 cm³/mol. The van der Waals surface area contributed by atoms with Gasteiger partial charge in [0.15, 0.2) is 0 Å². The summed E-state index contributed by atoms with van der Waals surface area (Å²) >= 11 is 0. The molecule has 0 atom stereocenters. The number of ether oxygens (including phenoxy) is 1. The molecule has 0 unspecified atom stereocenters. The first-order chi connectivity index (χ1) is 5.98. The van der Waals surface area contributed by atoms with Crippen LogP contribution < -0.4 is 4.74 Å². The van der Waals surface area contributed by atoms with Gasteiger partial charge in [-0.15, -0.1) is 0 Å². The third-order valence-corrected chi connectivity index (χ3v) is 2.38. The molecule has 1 aromatic rings. The molecule has 0 saturated carbocycles. The lowest BCUT2D eigenvalue weighted by atomic mass is 10.0. The predicted octanol–water partition coefficient (Wildman–Crippen LogP) is 2.41. The molecule has 0 fully saturated rings. The molecule has 1 aliphatic rings. The molecule has 0 saturated heterocycles. The quantitative estimate of drug-likeness (QED) is 0.661. The van der Waals surface area contributed by atoms with Crippen molar-refractivity contribution in [2.24, 2.45) is 0 Å². The molecule has 1 heterocycles. The molecule has 70 valence electrons. The number of hydrogen-bond acceptors (Lipinski definition) is 2. The Kier molecular flexibility index (Phi) is 1.56. The average Bonchev–Trinajstić information content (AvgIpc) is 2.24. The van der Waals surface area contributed by atoms with Crippen LogP contribution in [0, 0.1) is 6.92 Å². The SMILES string of the molecule is Cc1cc2c(cc1O)CC(C)(C)O2. The summed E-state index contributed by atoms with van der Waals surface area (Å²) in [6.07, 6.45) is 0.871. The highest BCUT2D eigenvalue weighted by atomic mass is 16.5. The van der Waals surface area contributed by atoms with Gasteiger partial charge < -0.3 is 9.84 Å². The van der Waals surface area contributed by atoms with Gasteiger partial charge >= 0.3 is 0 Å². The van der Waals surface area contributed by atoms with Gasteiger partial charge in [-0.05, 0) is 38.5 Å². The minimum atomic E-state index is -0.122. The fourth-order valence-corrected chi connectivity index (χ4v) is 1.74. The van der Waals surface area contributed by atoms with Crippen LogP contribution in [-0.4, -0.2) is 10.7 Å². The van der Waals surface area contributed by atoms with E-state index in [-0.39, 0.29) is 5.60 Å². The average molecular weight is 178 g/mol. The van der Waals surface area contributed by atoms with E-state index in [2.05, 4.69) is 13.8 Å². The third kappa shape index (κ3) is 1.37. The van der Waals surface area contributed by atoms with Crippen molar-refractivity contribution in [1.29, 1.82) is 0 Å². The van der Waals surface area contributed by atoms with Crippen LogP contribution in [0.1, 0.15) is 25.0 Å². The zero-order chi connectivity index (χ0) is 9.64. The van der Waals surface area contributed by atoms with Crippen molar-refractivity contribution in [3.05, 3.63) is 23.3 Å².